The maximum atomic E-state index is 12.2. The summed E-state index contributed by atoms with van der Waals surface area (Å²) in [4.78, 5) is 47.1. The molecule has 0 fully saturated rings. The Morgan fingerprint density at radius 2 is 1.77 bits per heavy atom. The third-order valence-corrected chi connectivity index (χ3v) is 3.01. The summed E-state index contributed by atoms with van der Waals surface area (Å²) in [6, 6.07) is 6.36. The molecule has 0 aliphatic rings. The maximum absolute atomic E-state index is 12.2. The second-order valence-corrected chi connectivity index (χ2v) is 4.61. The minimum absolute atomic E-state index is 0.181. The first kappa shape index (κ1) is 15.5. The highest BCUT2D eigenvalue weighted by Crippen LogP contribution is 2.02. The lowest BCUT2D eigenvalue weighted by Gasteiger charge is -2.08. The van der Waals surface area contributed by atoms with Crippen LogP contribution >= 0.6 is 0 Å². The van der Waals surface area contributed by atoms with Gasteiger partial charge >= 0.3 is 0 Å². The number of benzene rings is 1. The molecule has 1 aromatic carbocycles. The van der Waals surface area contributed by atoms with Gasteiger partial charge in [-0.3, -0.25) is 24.3 Å². The van der Waals surface area contributed by atoms with Gasteiger partial charge in [-0.25, -0.2) is 4.68 Å². The van der Waals surface area contributed by atoms with Crippen LogP contribution in [0.5, 0.6) is 0 Å². The van der Waals surface area contributed by atoms with Gasteiger partial charge in [0, 0.05) is 6.54 Å². The Balaban J connectivity index is 2.17. The molecule has 2 rings (SSSR count). The van der Waals surface area contributed by atoms with Crippen molar-refractivity contribution in [3.63, 3.8) is 0 Å². The van der Waals surface area contributed by atoms with E-state index in [0.29, 0.717) is 6.54 Å². The molecule has 8 heteroatoms. The van der Waals surface area contributed by atoms with E-state index in [4.69, 9.17) is 0 Å². The zero-order valence-electron chi connectivity index (χ0n) is 12.0. The number of nitrogens with zero attached hydrogens (tertiary/aromatic N) is 1. The predicted octanol–water partition coefficient (Wildman–Crippen LogP) is -1.06. The van der Waals surface area contributed by atoms with Gasteiger partial charge in [-0.05, 0) is 19.1 Å². The lowest BCUT2D eigenvalue weighted by atomic mass is 10.2. The molecule has 22 heavy (non-hydrogen) atoms. The van der Waals surface area contributed by atoms with E-state index in [9.17, 15) is 19.2 Å². The fraction of sp³-hybridized carbons (Fsp3) is 0.286. The Morgan fingerprint density at radius 3 is 2.45 bits per heavy atom. The van der Waals surface area contributed by atoms with Gasteiger partial charge in [-0.2, -0.15) is 0 Å². The van der Waals surface area contributed by atoms with Gasteiger partial charge in [0.25, 0.3) is 11.1 Å². The van der Waals surface area contributed by atoms with Gasteiger partial charge < -0.3 is 10.6 Å². The number of aromatic nitrogens is 2. The molecule has 8 nitrogen and oxygen atoms in total. The normalized spacial score (nSPS) is 10.4. The summed E-state index contributed by atoms with van der Waals surface area (Å²) in [5.41, 5.74) is -0.921. The zero-order chi connectivity index (χ0) is 16.1. The number of fused-ring (bicyclic) bond motifs is 1. The Kier molecular flexibility index (Phi) is 4.72. The molecule has 2 aromatic rings. The molecule has 0 radical (unpaired) electrons. The Hall–Kier alpha value is -2.90. The topological polar surface area (TPSA) is 113 Å². The van der Waals surface area contributed by atoms with E-state index in [0.717, 1.165) is 4.68 Å². The molecular formula is C14H16N4O4. The molecule has 0 saturated heterocycles. The van der Waals surface area contributed by atoms with Gasteiger partial charge in [0.05, 0.1) is 17.3 Å². The monoisotopic (exact) mass is 304 g/mol. The summed E-state index contributed by atoms with van der Waals surface area (Å²) < 4.78 is 0.928. The van der Waals surface area contributed by atoms with E-state index in [1.165, 1.54) is 12.1 Å². The summed E-state index contributed by atoms with van der Waals surface area (Å²) >= 11 is 0. The molecule has 0 spiro atoms. The highest BCUT2D eigenvalue weighted by molar-refractivity contribution is 5.85. The lowest BCUT2D eigenvalue weighted by Crippen LogP contribution is -2.41. The smallest absolute Gasteiger partial charge is 0.273 e. The fourth-order valence-corrected chi connectivity index (χ4v) is 2.00. The van der Waals surface area contributed by atoms with E-state index in [1.54, 1.807) is 19.1 Å². The number of nitrogens with one attached hydrogen (secondary N) is 3. The number of hydrogen-bond acceptors (Lipinski definition) is 4. The molecule has 0 unspecified atom stereocenters. The maximum Gasteiger partial charge on any atom is 0.273 e. The van der Waals surface area contributed by atoms with Crippen LogP contribution in [0.3, 0.4) is 0 Å². The summed E-state index contributed by atoms with van der Waals surface area (Å²) in [6.07, 6.45) is 0. The van der Waals surface area contributed by atoms with Crippen molar-refractivity contribution in [1.29, 1.82) is 0 Å². The van der Waals surface area contributed by atoms with E-state index in [1.807, 2.05) is 0 Å². The molecule has 1 aromatic heterocycles. The van der Waals surface area contributed by atoms with Crippen LogP contribution in [0.25, 0.3) is 10.8 Å². The van der Waals surface area contributed by atoms with Gasteiger partial charge in [-0.1, -0.05) is 12.1 Å². The highest BCUT2D eigenvalue weighted by atomic mass is 16.2. The lowest BCUT2D eigenvalue weighted by molar-refractivity contribution is -0.126. The first-order valence-electron chi connectivity index (χ1n) is 6.78. The third kappa shape index (κ3) is 3.40. The molecule has 1 heterocycles. The van der Waals surface area contributed by atoms with E-state index < -0.39 is 17.0 Å². The molecule has 116 valence electrons. The Morgan fingerprint density at radius 1 is 1.09 bits per heavy atom. The van der Waals surface area contributed by atoms with Gasteiger partial charge in [0.1, 0.15) is 6.54 Å². The highest BCUT2D eigenvalue weighted by Gasteiger charge is 2.10. The average Bonchev–Trinajstić information content (AvgIpc) is 2.51. The average molecular weight is 304 g/mol. The Bertz CT molecular complexity index is 821. The van der Waals surface area contributed by atoms with Crippen molar-refractivity contribution < 1.29 is 9.59 Å². The van der Waals surface area contributed by atoms with Gasteiger partial charge in [-0.15, -0.1) is 0 Å². The van der Waals surface area contributed by atoms with Crippen molar-refractivity contribution in [2.24, 2.45) is 0 Å². The molecule has 3 N–H and O–H groups in total. The minimum Gasteiger partial charge on any atom is -0.355 e. The van der Waals surface area contributed by atoms with Crippen LogP contribution in [0.15, 0.2) is 33.9 Å². The van der Waals surface area contributed by atoms with Crippen molar-refractivity contribution in [3.05, 3.63) is 45.0 Å². The quantitative estimate of drug-likeness (QED) is 0.653. The van der Waals surface area contributed by atoms with Gasteiger partial charge in [0.2, 0.25) is 11.8 Å². The first-order chi connectivity index (χ1) is 10.5. The van der Waals surface area contributed by atoms with Crippen molar-refractivity contribution in [1.82, 2.24) is 20.4 Å². The molecule has 0 aliphatic heterocycles. The molecular weight excluding hydrogens is 288 g/mol. The number of likely N-dealkylation sites (N-methyl/N-ethyl adjacent to an activating group) is 1. The summed E-state index contributed by atoms with van der Waals surface area (Å²) in [7, 11) is 0. The van der Waals surface area contributed by atoms with E-state index in [-0.39, 0.29) is 29.8 Å². The zero-order valence-corrected chi connectivity index (χ0v) is 12.0. The fourth-order valence-electron chi connectivity index (χ4n) is 2.00. The van der Waals surface area contributed by atoms with Crippen molar-refractivity contribution in [2.45, 2.75) is 13.5 Å². The Labute approximate surface area is 125 Å². The third-order valence-electron chi connectivity index (χ3n) is 3.01. The predicted molar refractivity (Wildman–Crippen MR) is 80.5 cm³/mol. The van der Waals surface area contributed by atoms with Crippen LogP contribution in [0.2, 0.25) is 0 Å². The van der Waals surface area contributed by atoms with Crippen LogP contribution in [0.4, 0.5) is 0 Å². The number of rotatable bonds is 5. The molecule has 0 bridgehead atoms. The minimum atomic E-state index is -0.542. The number of carbonyl (C=O) groups excluding carboxylic acids is 2. The second kappa shape index (κ2) is 6.70. The molecule has 0 atom stereocenters. The number of carbonyl (C=O) groups is 2. The summed E-state index contributed by atoms with van der Waals surface area (Å²) in [5.74, 6) is -0.866. The summed E-state index contributed by atoms with van der Waals surface area (Å²) in [6.45, 7) is 1.68. The van der Waals surface area contributed by atoms with Crippen molar-refractivity contribution >= 4 is 22.6 Å². The van der Waals surface area contributed by atoms with Crippen LogP contribution < -0.4 is 21.8 Å². The second-order valence-electron chi connectivity index (χ2n) is 4.61. The molecule has 0 saturated carbocycles. The van der Waals surface area contributed by atoms with Gasteiger partial charge in [0.15, 0.2) is 0 Å². The molecule has 0 aliphatic carbocycles. The number of amides is 2. The largest absolute Gasteiger partial charge is 0.355 e. The van der Waals surface area contributed by atoms with Crippen LogP contribution in [0, 0.1) is 0 Å². The van der Waals surface area contributed by atoms with Crippen LogP contribution in [-0.4, -0.2) is 34.7 Å². The standard InChI is InChI=1S/C14H16N4O4/c1-2-15-11(19)7-16-12(20)8-18-14(22)10-6-4-3-5-9(10)13(21)17-18/h3-6H,2,7-8H2,1H3,(H,15,19)(H,16,20)(H,17,21). The van der Waals surface area contributed by atoms with Crippen molar-refractivity contribution in [2.75, 3.05) is 13.1 Å². The van der Waals surface area contributed by atoms with E-state index in [2.05, 4.69) is 15.7 Å². The molecule has 2 amide bonds. The summed E-state index contributed by atoms with van der Waals surface area (Å²) in [5, 5.41) is 7.77. The number of aromatic amines is 1. The number of hydrogen-bond donors (Lipinski definition) is 3. The number of H-pyrrole nitrogens is 1. The van der Waals surface area contributed by atoms with Crippen LogP contribution in [-0.2, 0) is 16.1 Å². The first-order valence-corrected chi connectivity index (χ1v) is 6.78. The SMILES string of the molecule is CCNC(=O)CNC(=O)Cn1[nH]c(=O)c2ccccc2c1=O. The van der Waals surface area contributed by atoms with Crippen molar-refractivity contribution in [3.8, 4) is 0 Å². The van der Waals surface area contributed by atoms with E-state index >= 15 is 0 Å². The van der Waals surface area contributed by atoms with Crippen LogP contribution in [0.1, 0.15) is 6.92 Å².